The molecule has 0 aliphatic heterocycles. The molecule has 1 atom stereocenters. The number of halogens is 3. The van der Waals surface area contributed by atoms with E-state index in [4.69, 9.17) is 5.73 Å². The van der Waals surface area contributed by atoms with Crippen molar-refractivity contribution in [2.45, 2.75) is 25.6 Å². The Hall–Kier alpha value is -0.290. The highest BCUT2D eigenvalue weighted by atomic mass is 19.4. The summed E-state index contributed by atoms with van der Waals surface area (Å²) in [5, 5.41) is 2.25. The predicted octanol–water partition coefficient (Wildman–Crippen LogP) is 0.876. The minimum atomic E-state index is -4.11. The number of hydrogen-bond donors (Lipinski definition) is 2. The van der Waals surface area contributed by atoms with Crippen LogP contribution in [0.2, 0.25) is 0 Å². The highest BCUT2D eigenvalue weighted by Crippen LogP contribution is 2.11. The number of rotatable bonds is 4. The maximum absolute atomic E-state index is 11.5. The summed E-state index contributed by atoms with van der Waals surface area (Å²) in [4.78, 5) is 0. The van der Waals surface area contributed by atoms with Crippen molar-refractivity contribution in [3.05, 3.63) is 0 Å². The molecule has 1 unspecified atom stereocenters. The number of alkyl halides is 3. The molecule has 68 valence electrons. The van der Waals surface area contributed by atoms with Gasteiger partial charge in [0.05, 0.1) is 6.54 Å². The Balaban J connectivity index is 3.15. The van der Waals surface area contributed by atoms with Crippen LogP contribution in [0.15, 0.2) is 0 Å². The Labute approximate surface area is 64.0 Å². The highest BCUT2D eigenvalue weighted by molar-refractivity contribution is 4.59. The van der Waals surface area contributed by atoms with Crippen molar-refractivity contribution in [2.24, 2.45) is 5.73 Å². The minimum absolute atomic E-state index is 0.0456. The standard InChI is InChI=1S/C6H13F3N2/c1-5(10)2-3-11-4-6(7,8)9/h5,11H,2-4,10H2,1H3. The molecule has 0 saturated carbocycles. The van der Waals surface area contributed by atoms with Crippen molar-refractivity contribution in [2.75, 3.05) is 13.1 Å². The fourth-order valence-electron chi connectivity index (χ4n) is 0.560. The summed E-state index contributed by atoms with van der Waals surface area (Å²) in [5.41, 5.74) is 5.32. The highest BCUT2D eigenvalue weighted by Gasteiger charge is 2.25. The van der Waals surface area contributed by atoms with E-state index in [0.717, 1.165) is 0 Å². The van der Waals surface area contributed by atoms with E-state index < -0.39 is 12.7 Å². The molecule has 0 saturated heterocycles. The monoisotopic (exact) mass is 170 g/mol. The van der Waals surface area contributed by atoms with E-state index >= 15 is 0 Å². The van der Waals surface area contributed by atoms with E-state index in [9.17, 15) is 13.2 Å². The topological polar surface area (TPSA) is 38.0 Å². The van der Waals surface area contributed by atoms with Crippen LogP contribution in [0.4, 0.5) is 13.2 Å². The van der Waals surface area contributed by atoms with Gasteiger partial charge in [-0.2, -0.15) is 13.2 Å². The van der Waals surface area contributed by atoms with Crippen molar-refractivity contribution in [3.8, 4) is 0 Å². The smallest absolute Gasteiger partial charge is 0.328 e. The van der Waals surface area contributed by atoms with E-state index in [0.29, 0.717) is 13.0 Å². The van der Waals surface area contributed by atoms with Crippen molar-refractivity contribution < 1.29 is 13.2 Å². The molecule has 0 bridgehead atoms. The van der Waals surface area contributed by atoms with Crippen LogP contribution < -0.4 is 11.1 Å². The summed E-state index contributed by atoms with van der Waals surface area (Å²) >= 11 is 0. The first-order chi connectivity index (χ1) is 4.92. The fraction of sp³-hybridized carbons (Fsp3) is 1.00. The van der Waals surface area contributed by atoms with Crippen LogP contribution in [-0.4, -0.2) is 25.3 Å². The zero-order chi connectivity index (χ0) is 8.91. The van der Waals surface area contributed by atoms with Crippen molar-refractivity contribution >= 4 is 0 Å². The zero-order valence-electron chi connectivity index (χ0n) is 6.41. The maximum atomic E-state index is 11.5. The number of nitrogens with one attached hydrogen (secondary N) is 1. The third kappa shape index (κ3) is 9.71. The summed E-state index contributed by atoms with van der Waals surface area (Å²) in [6.45, 7) is 1.15. The first-order valence-electron chi connectivity index (χ1n) is 3.45. The number of hydrogen-bond acceptors (Lipinski definition) is 2. The maximum Gasteiger partial charge on any atom is 0.401 e. The lowest BCUT2D eigenvalue weighted by Crippen LogP contribution is -2.31. The van der Waals surface area contributed by atoms with Gasteiger partial charge in [-0.1, -0.05) is 0 Å². The molecule has 2 nitrogen and oxygen atoms in total. The SMILES string of the molecule is CC(N)CCNCC(F)(F)F. The second-order valence-electron chi connectivity index (χ2n) is 2.56. The van der Waals surface area contributed by atoms with Crippen molar-refractivity contribution in [3.63, 3.8) is 0 Å². The molecule has 5 heteroatoms. The van der Waals surface area contributed by atoms with Crippen LogP contribution in [0, 0.1) is 0 Å². The molecule has 0 amide bonds. The summed E-state index contributed by atoms with van der Waals surface area (Å²) in [6, 6.07) is -0.0456. The predicted molar refractivity (Wildman–Crippen MR) is 37.2 cm³/mol. The molecule has 11 heavy (non-hydrogen) atoms. The van der Waals surface area contributed by atoms with Crippen molar-refractivity contribution in [1.29, 1.82) is 0 Å². The Kier molecular flexibility index (Phi) is 4.44. The van der Waals surface area contributed by atoms with Crippen molar-refractivity contribution in [1.82, 2.24) is 5.32 Å². The largest absolute Gasteiger partial charge is 0.401 e. The first kappa shape index (κ1) is 10.7. The lowest BCUT2D eigenvalue weighted by Gasteiger charge is -2.08. The van der Waals surface area contributed by atoms with Gasteiger partial charge in [-0.05, 0) is 19.9 Å². The van der Waals surface area contributed by atoms with Crippen LogP contribution >= 0.6 is 0 Å². The van der Waals surface area contributed by atoms with Crippen LogP contribution in [0.1, 0.15) is 13.3 Å². The van der Waals surface area contributed by atoms with E-state index in [-0.39, 0.29) is 6.04 Å². The quantitative estimate of drug-likeness (QED) is 0.614. The summed E-state index contributed by atoms with van der Waals surface area (Å²) in [5.74, 6) is 0. The van der Waals surface area contributed by atoms with Crippen LogP contribution in [0.5, 0.6) is 0 Å². The van der Waals surface area contributed by atoms with Gasteiger partial charge in [0.15, 0.2) is 0 Å². The molecule has 0 aliphatic rings. The molecule has 0 aromatic carbocycles. The molecule has 0 heterocycles. The average molecular weight is 170 g/mol. The van der Waals surface area contributed by atoms with Gasteiger partial charge in [0, 0.05) is 6.04 Å². The van der Waals surface area contributed by atoms with Gasteiger partial charge in [-0.15, -0.1) is 0 Å². The second kappa shape index (κ2) is 4.56. The Morgan fingerprint density at radius 2 is 2.00 bits per heavy atom. The summed E-state index contributed by atoms with van der Waals surface area (Å²) in [6.07, 6.45) is -3.55. The molecule has 0 aliphatic carbocycles. The Morgan fingerprint density at radius 3 is 2.36 bits per heavy atom. The van der Waals surface area contributed by atoms with Gasteiger partial charge in [-0.25, -0.2) is 0 Å². The Morgan fingerprint density at radius 1 is 1.45 bits per heavy atom. The van der Waals surface area contributed by atoms with Gasteiger partial charge in [0.25, 0.3) is 0 Å². The average Bonchev–Trinajstić information content (AvgIpc) is 1.78. The van der Waals surface area contributed by atoms with Gasteiger partial charge < -0.3 is 11.1 Å². The fourth-order valence-corrected chi connectivity index (χ4v) is 0.560. The zero-order valence-corrected chi connectivity index (χ0v) is 6.41. The minimum Gasteiger partial charge on any atom is -0.328 e. The third-order valence-electron chi connectivity index (χ3n) is 1.10. The molecule has 0 radical (unpaired) electrons. The second-order valence-corrected chi connectivity index (χ2v) is 2.56. The van der Waals surface area contributed by atoms with Crippen LogP contribution in [0.25, 0.3) is 0 Å². The van der Waals surface area contributed by atoms with Gasteiger partial charge in [0.1, 0.15) is 0 Å². The molecular weight excluding hydrogens is 157 g/mol. The van der Waals surface area contributed by atoms with Gasteiger partial charge in [-0.3, -0.25) is 0 Å². The molecular formula is C6H13F3N2. The van der Waals surface area contributed by atoms with E-state index in [2.05, 4.69) is 5.32 Å². The molecule has 0 aromatic heterocycles. The van der Waals surface area contributed by atoms with E-state index in [1.807, 2.05) is 0 Å². The Bertz CT molecular complexity index is 100. The lowest BCUT2D eigenvalue weighted by atomic mass is 10.2. The van der Waals surface area contributed by atoms with Gasteiger partial charge in [0.2, 0.25) is 0 Å². The lowest BCUT2D eigenvalue weighted by molar-refractivity contribution is -0.124. The molecule has 3 N–H and O–H groups in total. The van der Waals surface area contributed by atoms with Crippen LogP contribution in [0.3, 0.4) is 0 Å². The van der Waals surface area contributed by atoms with E-state index in [1.165, 1.54) is 0 Å². The summed E-state index contributed by atoms with van der Waals surface area (Å²) < 4.78 is 34.5. The normalized spacial score (nSPS) is 15.0. The molecule has 0 spiro atoms. The first-order valence-corrected chi connectivity index (χ1v) is 3.45. The molecule has 0 aromatic rings. The number of nitrogens with two attached hydrogens (primary N) is 1. The molecule has 0 fully saturated rings. The van der Waals surface area contributed by atoms with Gasteiger partial charge >= 0.3 is 6.18 Å². The van der Waals surface area contributed by atoms with E-state index in [1.54, 1.807) is 6.92 Å². The summed E-state index contributed by atoms with van der Waals surface area (Å²) in [7, 11) is 0. The third-order valence-corrected chi connectivity index (χ3v) is 1.10. The molecule has 0 rings (SSSR count). The van der Waals surface area contributed by atoms with Crippen LogP contribution in [-0.2, 0) is 0 Å².